The van der Waals surface area contributed by atoms with E-state index in [9.17, 15) is 13.2 Å². The molecule has 1 aromatic heterocycles. The molecule has 2 fully saturated rings. The number of hydrogen-bond acceptors (Lipinski definition) is 6. The first-order chi connectivity index (χ1) is 13.6. The molecule has 2 saturated heterocycles. The van der Waals surface area contributed by atoms with Crippen molar-refractivity contribution in [2.24, 2.45) is 0 Å². The Morgan fingerprint density at radius 3 is 2.50 bits per heavy atom. The van der Waals surface area contributed by atoms with Crippen LogP contribution in [0.1, 0.15) is 22.5 Å². The highest BCUT2D eigenvalue weighted by Crippen LogP contribution is 2.33. The number of ether oxygens (including phenoxy) is 1. The molecule has 4 rings (SSSR count). The van der Waals surface area contributed by atoms with Crippen LogP contribution in [0, 0.1) is 0 Å². The molecule has 2 aliphatic rings. The molecule has 150 valence electrons. The highest BCUT2D eigenvalue weighted by molar-refractivity contribution is 7.89. The Bertz CT molecular complexity index is 932. The second kappa shape index (κ2) is 8.20. The van der Waals surface area contributed by atoms with Gasteiger partial charge in [0.2, 0.25) is 10.0 Å². The summed E-state index contributed by atoms with van der Waals surface area (Å²) >= 11 is 1.35. The Labute approximate surface area is 169 Å². The average Bonchev–Trinajstić information content (AvgIpc) is 3.43. The highest BCUT2D eigenvalue weighted by atomic mass is 32.2. The van der Waals surface area contributed by atoms with Crippen LogP contribution in [0.15, 0.2) is 40.6 Å². The van der Waals surface area contributed by atoms with Crippen molar-refractivity contribution in [3.63, 3.8) is 0 Å². The molecular weight excluding hydrogens is 398 g/mol. The van der Waals surface area contributed by atoms with Gasteiger partial charge in [0.05, 0.1) is 34.4 Å². The Hall–Kier alpha value is -1.94. The Morgan fingerprint density at radius 1 is 1.07 bits per heavy atom. The number of sulfonamides is 1. The number of amides is 1. The topological polar surface area (TPSA) is 79.0 Å². The van der Waals surface area contributed by atoms with E-state index in [-0.39, 0.29) is 10.8 Å². The maximum atomic E-state index is 13.0. The van der Waals surface area contributed by atoms with E-state index in [0.717, 1.165) is 31.6 Å². The van der Waals surface area contributed by atoms with Crippen molar-refractivity contribution in [2.45, 2.75) is 17.7 Å². The molecule has 1 N–H and O–H groups in total. The van der Waals surface area contributed by atoms with Crippen LogP contribution in [-0.4, -0.2) is 58.0 Å². The third-order valence-electron chi connectivity index (χ3n) is 5.02. The Morgan fingerprint density at radius 2 is 1.82 bits per heavy atom. The molecule has 1 aromatic carbocycles. The van der Waals surface area contributed by atoms with Crippen molar-refractivity contribution in [3.8, 4) is 0 Å². The predicted octanol–water partition coefficient (Wildman–Crippen LogP) is 2.62. The normalized spacial score (nSPS) is 18.4. The highest BCUT2D eigenvalue weighted by Gasteiger charge is 2.28. The molecular formula is C19H23N3O4S2. The smallest absolute Gasteiger partial charge is 0.265 e. The SMILES string of the molecule is O=C(Nc1cc(S(=O)(=O)N2CCOCC2)ccc1N1CCCC1)c1cccs1. The summed E-state index contributed by atoms with van der Waals surface area (Å²) in [6, 6.07) is 8.61. The number of hydrogen-bond donors (Lipinski definition) is 1. The van der Waals surface area contributed by atoms with Gasteiger partial charge in [-0.05, 0) is 42.5 Å². The van der Waals surface area contributed by atoms with Crippen LogP contribution in [0.4, 0.5) is 11.4 Å². The van der Waals surface area contributed by atoms with E-state index in [1.165, 1.54) is 15.6 Å². The van der Waals surface area contributed by atoms with Crippen LogP contribution in [0.2, 0.25) is 0 Å². The molecule has 2 aromatic rings. The standard InChI is InChI=1S/C19H23N3O4S2/c23-19(18-4-3-13-27-18)20-16-14-15(5-6-17(16)21-7-1-2-8-21)28(24,25)22-9-11-26-12-10-22/h3-6,13-14H,1-2,7-12H2,(H,20,23). The van der Waals surface area contributed by atoms with Crippen LogP contribution in [0.5, 0.6) is 0 Å². The average molecular weight is 422 g/mol. The van der Waals surface area contributed by atoms with E-state index >= 15 is 0 Å². The van der Waals surface area contributed by atoms with Crippen LogP contribution in [0.3, 0.4) is 0 Å². The lowest BCUT2D eigenvalue weighted by atomic mass is 10.2. The monoisotopic (exact) mass is 421 g/mol. The van der Waals surface area contributed by atoms with Crippen molar-refractivity contribution in [1.29, 1.82) is 0 Å². The first kappa shape index (κ1) is 19.4. The lowest BCUT2D eigenvalue weighted by Gasteiger charge is -2.27. The number of anilines is 2. The summed E-state index contributed by atoms with van der Waals surface area (Å²) in [6.45, 7) is 3.27. The minimum absolute atomic E-state index is 0.193. The molecule has 0 atom stereocenters. The van der Waals surface area contributed by atoms with Gasteiger partial charge in [0.15, 0.2) is 0 Å². The Kier molecular flexibility index (Phi) is 5.68. The first-order valence-corrected chi connectivity index (χ1v) is 11.7. The number of benzene rings is 1. The van der Waals surface area contributed by atoms with Gasteiger partial charge in [-0.15, -0.1) is 11.3 Å². The largest absolute Gasteiger partial charge is 0.379 e. The van der Waals surface area contributed by atoms with Crippen LogP contribution < -0.4 is 10.2 Å². The quantitative estimate of drug-likeness (QED) is 0.803. The van der Waals surface area contributed by atoms with Gasteiger partial charge >= 0.3 is 0 Å². The summed E-state index contributed by atoms with van der Waals surface area (Å²) in [7, 11) is -3.63. The third-order valence-corrected chi connectivity index (χ3v) is 7.78. The summed E-state index contributed by atoms with van der Waals surface area (Å²) in [6.07, 6.45) is 2.18. The van der Waals surface area contributed by atoms with E-state index in [0.29, 0.717) is 36.9 Å². The molecule has 1 amide bonds. The number of nitrogens with zero attached hydrogens (tertiary/aromatic N) is 2. The lowest BCUT2D eigenvalue weighted by Crippen LogP contribution is -2.40. The van der Waals surface area contributed by atoms with Gasteiger partial charge in [-0.2, -0.15) is 4.31 Å². The van der Waals surface area contributed by atoms with Gasteiger partial charge in [0.25, 0.3) is 5.91 Å². The van der Waals surface area contributed by atoms with Gasteiger partial charge in [-0.1, -0.05) is 6.07 Å². The number of carbonyl (C=O) groups excluding carboxylic acids is 1. The first-order valence-electron chi connectivity index (χ1n) is 9.37. The molecule has 0 radical (unpaired) electrons. The molecule has 9 heteroatoms. The fraction of sp³-hybridized carbons (Fsp3) is 0.421. The molecule has 0 saturated carbocycles. The minimum atomic E-state index is -3.63. The summed E-state index contributed by atoms with van der Waals surface area (Å²) in [5.41, 5.74) is 1.40. The summed E-state index contributed by atoms with van der Waals surface area (Å²) in [5.74, 6) is -0.226. The number of morpholine rings is 1. The van der Waals surface area contributed by atoms with E-state index in [4.69, 9.17) is 4.74 Å². The van der Waals surface area contributed by atoms with Gasteiger partial charge in [-0.25, -0.2) is 8.42 Å². The van der Waals surface area contributed by atoms with Crippen molar-refractivity contribution >= 4 is 38.6 Å². The number of carbonyl (C=O) groups is 1. The zero-order valence-electron chi connectivity index (χ0n) is 15.5. The molecule has 0 unspecified atom stereocenters. The van der Waals surface area contributed by atoms with Gasteiger partial charge in [0, 0.05) is 26.2 Å². The van der Waals surface area contributed by atoms with Crippen LogP contribution in [-0.2, 0) is 14.8 Å². The van der Waals surface area contributed by atoms with E-state index < -0.39 is 10.0 Å². The second-order valence-electron chi connectivity index (χ2n) is 6.82. The van der Waals surface area contributed by atoms with Crippen molar-refractivity contribution in [2.75, 3.05) is 49.6 Å². The number of nitrogens with one attached hydrogen (secondary N) is 1. The molecule has 0 spiro atoms. The van der Waals surface area contributed by atoms with E-state index in [1.807, 2.05) is 17.5 Å². The van der Waals surface area contributed by atoms with Crippen molar-refractivity contribution in [1.82, 2.24) is 4.31 Å². The summed E-state index contributed by atoms with van der Waals surface area (Å²) in [4.78, 5) is 15.6. The maximum Gasteiger partial charge on any atom is 0.265 e. The van der Waals surface area contributed by atoms with Crippen LogP contribution >= 0.6 is 11.3 Å². The maximum absolute atomic E-state index is 13.0. The predicted molar refractivity (Wildman–Crippen MR) is 110 cm³/mol. The van der Waals surface area contributed by atoms with Gasteiger partial charge in [-0.3, -0.25) is 4.79 Å². The third kappa shape index (κ3) is 3.93. The summed E-state index contributed by atoms with van der Waals surface area (Å²) in [5, 5.41) is 4.77. The van der Waals surface area contributed by atoms with Gasteiger partial charge in [0.1, 0.15) is 0 Å². The van der Waals surface area contributed by atoms with Gasteiger partial charge < -0.3 is 15.0 Å². The minimum Gasteiger partial charge on any atom is -0.379 e. The fourth-order valence-corrected chi connectivity index (χ4v) is 5.59. The zero-order chi connectivity index (χ0) is 19.6. The zero-order valence-corrected chi connectivity index (χ0v) is 17.1. The van der Waals surface area contributed by atoms with Crippen molar-refractivity contribution in [3.05, 3.63) is 40.6 Å². The van der Waals surface area contributed by atoms with E-state index in [2.05, 4.69) is 10.2 Å². The number of rotatable bonds is 5. The summed E-state index contributed by atoms with van der Waals surface area (Å²) < 4.78 is 32.8. The van der Waals surface area contributed by atoms with Crippen molar-refractivity contribution < 1.29 is 17.9 Å². The molecule has 3 heterocycles. The molecule has 0 bridgehead atoms. The Balaban J connectivity index is 1.68. The van der Waals surface area contributed by atoms with E-state index in [1.54, 1.807) is 18.2 Å². The fourth-order valence-electron chi connectivity index (χ4n) is 3.54. The van der Waals surface area contributed by atoms with Crippen LogP contribution in [0.25, 0.3) is 0 Å². The second-order valence-corrected chi connectivity index (χ2v) is 9.71. The number of thiophene rings is 1. The molecule has 2 aliphatic heterocycles. The molecule has 0 aliphatic carbocycles. The molecule has 28 heavy (non-hydrogen) atoms. The molecule has 7 nitrogen and oxygen atoms in total. The lowest BCUT2D eigenvalue weighted by molar-refractivity contribution is 0.0730.